The molecule has 0 atom stereocenters. The van der Waals surface area contributed by atoms with Crippen molar-refractivity contribution < 1.29 is 13.9 Å². The average Bonchev–Trinajstić information content (AvgIpc) is 2.44. The van der Waals surface area contributed by atoms with Crippen molar-refractivity contribution in [2.45, 2.75) is 0 Å². The van der Waals surface area contributed by atoms with E-state index in [0.29, 0.717) is 15.6 Å². The van der Waals surface area contributed by atoms with Crippen LogP contribution in [0.2, 0.25) is 0 Å². The zero-order chi connectivity index (χ0) is 14.5. The topological polar surface area (TPSA) is 50.1 Å². The number of carbonyl (C=O) groups excluding carboxylic acids is 1. The Morgan fingerprint density at radius 1 is 1.25 bits per heavy atom. The third-order valence-electron chi connectivity index (χ3n) is 2.54. The summed E-state index contributed by atoms with van der Waals surface area (Å²) in [4.78, 5) is 11.9. The predicted molar refractivity (Wildman–Crippen MR) is 75.1 cm³/mol. The van der Waals surface area contributed by atoms with Crippen LogP contribution in [-0.4, -0.2) is 12.4 Å². The lowest BCUT2D eigenvalue weighted by Crippen LogP contribution is -2.11. The lowest BCUT2D eigenvalue weighted by molar-refractivity contribution is 0.0921. The minimum Gasteiger partial charge on any atom is -0.485 e. The number of Topliss-reactive ketones (excluding diaryl/α,β-unsaturated/α-hetero) is 1. The molecule has 0 fully saturated rings. The third-order valence-corrected chi connectivity index (χ3v) is 3.00. The summed E-state index contributed by atoms with van der Waals surface area (Å²) in [5.41, 5.74) is 0.927. The van der Waals surface area contributed by atoms with Crippen LogP contribution in [0.15, 0.2) is 46.9 Å². The van der Waals surface area contributed by atoms with Crippen LogP contribution in [0.5, 0.6) is 5.75 Å². The second-order valence-corrected chi connectivity index (χ2v) is 4.92. The summed E-state index contributed by atoms with van der Waals surface area (Å²) in [7, 11) is 0. The summed E-state index contributed by atoms with van der Waals surface area (Å²) >= 11 is 3.15. The van der Waals surface area contributed by atoms with Crippen molar-refractivity contribution in [2.24, 2.45) is 0 Å². The van der Waals surface area contributed by atoms with Crippen LogP contribution in [0, 0.1) is 17.1 Å². The first-order valence-corrected chi connectivity index (χ1v) is 6.50. The summed E-state index contributed by atoms with van der Waals surface area (Å²) in [6.45, 7) is -0.193. The molecule has 100 valence electrons. The van der Waals surface area contributed by atoms with Crippen molar-refractivity contribution in [3.05, 3.63) is 63.9 Å². The molecule has 2 rings (SSSR count). The van der Waals surface area contributed by atoms with E-state index < -0.39 is 5.82 Å². The molecular weight excluding hydrogens is 325 g/mol. The molecule has 0 aliphatic rings. The number of rotatable bonds is 4. The Hall–Kier alpha value is -2.19. The van der Waals surface area contributed by atoms with Gasteiger partial charge in [-0.3, -0.25) is 4.79 Å². The summed E-state index contributed by atoms with van der Waals surface area (Å²) in [5, 5.41) is 8.67. The number of nitrogens with zero attached hydrogens (tertiary/aromatic N) is 1. The van der Waals surface area contributed by atoms with Gasteiger partial charge in [0.25, 0.3) is 0 Å². The summed E-state index contributed by atoms with van der Waals surface area (Å²) in [6.07, 6.45) is 0. The summed E-state index contributed by atoms with van der Waals surface area (Å²) in [6, 6.07) is 12.3. The highest BCUT2D eigenvalue weighted by atomic mass is 79.9. The Kier molecular flexibility index (Phi) is 4.49. The van der Waals surface area contributed by atoms with Gasteiger partial charge in [0.1, 0.15) is 11.6 Å². The van der Waals surface area contributed by atoms with E-state index >= 15 is 0 Å². The van der Waals surface area contributed by atoms with Crippen LogP contribution < -0.4 is 4.74 Å². The first-order chi connectivity index (χ1) is 9.58. The molecule has 5 heteroatoms. The normalized spacial score (nSPS) is 9.85. The number of hydrogen-bond acceptors (Lipinski definition) is 3. The fourth-order valence-corrected chi connectivity index (χ4v) is 2.02. The summed E-state index contributed by atoms with van der Waals surface area (Å²) < 4.78 is 18.9. The molecule has 0 N–H and O–H groups in total. The first kappa shape index (κ1) is 14.2. The first-order valence-electron chi connectivity index (χ1n) is 5.71. The maximum atomic E-state index is 13.1. The number of ketones is 1. The van der Waals surface area contributed by atoms with Gasteiger partial charge in [-0.1, -0.05) is 15.9 Å². The molecule has 20 heavy (non-hydrogen) atoms. The van der Waals surface area contributed by atoms with Crippen LogP contribution in [-0.2, 0) is 0 Å². The van der Waals surface area contributed by atoms with E-state index in [-0.39, 0.29) is 18.1 Å². The smallest absolute Gasteiger partial charge is 0.200 e. The molecule has 0 saturated carbocycles. The number of carbonyl (C=O) groups is 1. The zero-order valence-corrected chi connectivity index (χ0v) is 11.9. The van der Waals surface area contributed by atoms with Gasteiger partial charge in [0.2, 0.25) is 0 Å². The van der Waals surface area contributed by atoms with Crippen molar-refractivity contribution >= 4 is 21.7 Å². The lowest BCUT2D eigenvalue weighted by Gasteiger charge is -2.06. The van der Waals surface area contributed by atoms with Gasteiger partial charge in [-0.15, -0.1) is 0 Å². The van der Waals surface area contributed by atoms with Crippen LogP contribution in [0.1, 0.15) is 15.9 Å². The van der Waals surface area contributed by atoms with E-state index in [9.17, 15) is 9.18 Å². The lowest BCUT2D eigenvalue weighted by atomic mass is 10.1. The maximum Gasteiger partial charge on any atom is 0.200 e. The largest absolute Gasteiger partial charge is 0.485 e. The average molecular weight is 334 g/mol. The Morgan fingerprint density at radius 3 is 2.55 bits per heavy atom. The summed E-state index contributed by atoms with van der Waals surface area (Å²) in [5.74, 6) is -0.408. The molecule has 0 heterocycles. The highest BCUT2D eigenvalue weighted by molar-refractivity contribution is 9.10. The Labute approximate surface area is 123 Å². The predicted octanol–water partition coefficient (Wildman–Crippen LogP) is 3.72. The Bertz CT molecular complexity index is 657. The van der Waals surface area contributed by atoms with Crippen molar-refractivity contribution in [1.82, 2.24) is 0 Å². The molecular formula is C15H9BrFNO2. The standard InChI is InChI=1S/C15H9BrFNO2/c16-12-5-13(17)7-14(6-12)20-9-15(19)11-3-1-10(8-18)2-4-11/h1-7H,9H2. The van der Waals surface area contributed by atoms with E-state index in [2.05, 4.69) is 15.9 Å². The van der Waals surface area contributed by atoms with Crippen LogP contribution in [0.3, 0.4) is 0 Å². The van der Waals surface area contributed by atoms with Gasteiger partial charge in [0, 0.05) is 16.1 Å². The van der Waals surface area contributed by atoms with Gasteiger partial charge in [0.15, 0.2) is 12.4 Å². The van der Waals surface area contributed by atoms with Crippen molar-refractivity contribution in [3.63, 3.8) is 0 Å². The fourth-order valence-electron chi connectivity index (χ4n) is 1.57. The molecule has 0 saturated heterocycles. The highest BCUT2D eigenvalue weighted by Crippen LogP contribution is 2.20. The van der Waals surface area contributed by atoms with E-state index in [1.807, 2.05) is 6.07 Å². The van der Waals surface area contributed by atoms with Crippen molar-refractivity contribution in [3.8, 4) is 11.8 Å². The zero-order valence-electron chi connectivity index (χ0n) is 10.3. The molecule has 0 unspecified atom stereocenters. The third kappa shape index (κ3) is 3.65. The molecule has 0 spiro atoms. The second kappa shape index (κ2) is 6.31. The van der Waals surface area contributed by atoms with Crippen LogP contribution in [0.25, 0.3) is 0 Å². The number of hydrogen-bond donors (Lipinski definition) is 0. The molecule has 0 aromatic heterocycles. The molecule has 3 nitrogen and oxygen atoms in total. The minimum atomic E-state index is -0.444. The van der Waals surface area contributed by atoms with E-state index in [4.69, 9.17) is 10.00 Å². The SMILES string of the molecule is N#Cc1ccc(C(=O)COc2cc(F)cc(Br)c2)cc1. The fraction of sp³-hybridized carbons (Fsp3) is 0.0667. The maximum absolute atomic E-state index is 13.1. The number of nitriles is 1. The van der Waals surface area contributed by atoms with E-state index in [1.165, 1.54) is 12.1 Å². The van der Waals surface area contributed by atoms with E-state index in [1.54, 1.807) is 30.3 Å². The molecule has 0 aliphatic carbocycles. The number of ether oxygens (including phenoxy) is 1. The molecule has 0 bridgehead atoms. The van der Waals surface area contributed by atoms with Gasteiger partial charge < -0.3 is 4.74 Å². The molecule has 0 radical (unpaired) electrons. The monoisotopic (exact) mass is 333 g/mol. The van der Waals surface area contributed by atoms with Crippen LogP contribution in [0.4, 0.5) is 4.39 Å². The van der Waals surface area contributed by atoms with Gasteiger partial charge >= 0.3 is 0 Å². The second-order valence-electron chi connectivity index (χ2n) is 4.01. The van der Waals surface area contributed by atoms with E-state index in [0.717, 1.165) is 0 Å². The molecule has 0 amide bonds. The number of benzene rings is 2. The van der Waals surface area contributed by atoms with Gasteiger partial charge in [-0.25, -0.2) is 4.39 Å². The Balaban J connectivity index is 2.02. The molecule has 2 aromatic rings. The van der Waals surface area contributed by atoms with Gasteiger partial charge in [0.05, 0.1) is 11.6 Å². The quantitative estimate of drug-likeness (QED) is 0.801. The van der Waals surface area contributed by atoms with Gasteiger partial charge in [-0.05, 0) is 36.4 Å². The highest BCUT2D eigenvalue weighted by Gasteiger charge is 2.08. The molecule has 0 aliphatic heterocycles. The van der Waals surface area contributed by atoms with Gasteiger partial charge in [-0.2, -0.15) is 5.26 Å². The van der Waals surface area contributed by atoms with Crippen molar-refractivity contribution in [2.75, 3.05) is 6.61 Å². The Morgan fingerprint density at radius 2 is 1.95 bits per heavy atom. The molecule has 2 aromatic carbocycles. The van der Waals surface area contributed by atoms with Crippen molar-refractivity contribution in [1.29, 1.82) is 5.26 Å². The van der Waals surface area contributed by atoms with Crippen LogP contribution >= 0.6 is 15.9 Å². The minimum absolute atomic E-state index is 0.193. The number of halogens is 2.